The molecule has 0 radical (unpaired) electrons. The zero-order chi connectivity index (χ0) is 19.3. The molecule has 3 aromatic rings. The molecule has 0 saturated carbocycles. The van der Waals surface area contributed by atoms with Gasteiger partial charge in [-0.15, -0.1) is 0 Å². The summed E-state index contributed by atoms with van der Waals surface area (Å²) in [6.07, 6.45) is 0. The van der Waals surface area contributed by atoms with Crippen LogP contribution in [0.15, 0.2) is 71.6 Å². The first-order valence-corrected chi connectivity index (χ1v) is 9.59. The average molecular weight is 380 g/mol. The van der Waals surface area contributed by atoms with Gasteiger partial charge in [0.15, 0.2) is 0 Å². The third-order valence-corrected chi connectivity index (χ3v) is 5.32. The molecule has 0 aliphatic heterocycles. The maximum atomic E-state index is 12.4. The summed E-state index contributed by atoms with van der Waals surface area (Å²) in [7, 11) is -3.83. The van der Waals surface area contributed by atoms with E-state index in [2.05, 4.69) is 4.72 Å². The monoisotopic (exact) mass is 380 g/mol. The van der Waals surface area contributed by atoms with Gasteiger partial charge in [0, 0.05) is 0 Å². The fraction of sp³-hybridized carbons (Fsp3) is 0.100. The van der Waals surface area contributed by atoms with Crippen LogP contribution in [0.4, 0.5) is 0 Å². The van der Waals surface area contributed by atoms with Crippen LogP contribution in [-0.2, 0) is 26.2 Å². The molecule has 0 heterocycles. The molecule has 0 saturated heterocycles. The predicted octanol–water partition coefficient (Wildman–Crippen LogP) is 2.73. The van der Waals surface area contributed by atoms with Gasteiger partial charge in [-0.3, -0.25) is 4.79 Å². The van der Waals surface area contributed by atoms with Crippen LogP contribution in [0.1, 0.15) is 11.1 Å². The Morgan fingerprint density at radius 2 is 1.70 bits per heavy atom. The van der Waals surface area contributed by atoms with Crippen LogP contribution in [0, 0.1) is 11.3 Å². The van der Waals surface area contributed by atoms with Gasteiger partial charge in [-0.1, -0.05) is 42.5 Å². The van der Waals surface area contributed by atoms with E-state index in [4.69, 9.17) is 10.00 Å². The molecule has 0 spiro atoms. The smallest absolute Gasteiger partial charge is 0.321 e. The standard InChI is InChI=1S/C20H16N2O4S/c21-12-15-5-7-16(8-6-15)14-26-20(23)13-22-27(24,25)19-10-9-17-3-1-2-4-18(17)11-19/h1-11,22H,13-14H2. The first-order valence-electron chi connectivity index (χ1n) is 8.11. The van der Waals surface area contributed by atoms with E-state index < -0.39 is 22.5 Å². The van der Waals surface area contributed by atoms with Gasteiger partial charge in [-0.25, -0.2) is 8.42 Å². The van der Waals surface area contributed by atoms with Crippen molar-refractivity contribution < 1.29 is 17.9 Å². The normalized spacial score (nSPS) is 11.1. The van der Waals surface area contributed by atoms with Crippen molar-refractivity contribution in [1.82, 2.24) is 4.72 Å². The van der Waals surface area contributed by atoms with Crippen LogP contribution < -0.4 is 4.72 Å². The summed E-state index contributed by atoms with van der Waals surface area (Å²) in [4.78, 5) is 11.9. The lowest BCUT2D eigenvalue weighted by Crippen LogP contribution is -2.30. The number of carbonyl (C=O) groups is 1. The quantitative estimate of drug-likeness (QED) is 0.663. The highest BCUT2D eigenvalue weighted by molar-refractivity contribution is 7.89. The molecule has 0 aliphatic rings. The van der Waals surface area contributed by atoms with Gasteiger partial charge >= 0.3 is 5.97 Å². The van der Waals surface area contributed by atoms with Crippen LogP contribution >= 0.6 is 0 Å². The van der Waals surface area contributed by atoms with Crippen molar-refractivity contribution >= 4 is 26.8 Å². The highest BCUT2D eigenvalue weighted by atomic mass is 32.2. The van der Waals surface area contributed by atoms with Crippen LogP contribution in [0.5, 0.6) is 0 Å². The number of carbonyl (C=O) groups excluding carboxylic acids is 1. The zero-order valence-electron chi connectivity index (χ0n) is 14.3. The van der Waals surface area contributed by atoms with E-state index in [-0.39, 0.29) is 11.5 Å². The molecule has 0 aliphatic carbocycles. The molecule has 136 valence electrons. The fourth-order valence-corrected chi connectivity index (χ4v) is 3.47. The Kier molecular flexibility index (Phi) is 5.50. The van der Waals surface area contributed by atoms with Crippen LogP contribution in [0.2, 0.25) is 0 Å². The van der Waals surface area contributed by atoms with E-state index in [1.54, 1.807) is 36.4 Å². The molecule has 0 fully saturated rings. The van der Waals surface area contributed by atoms with E-state index in [1.807, 2.05) is 30.3 Å². The van der Waals surface area contributed by atoms with Gasteiger partial charge in [-0.2, -0.15) is 9.98 Å². The van der Waals surface area contributed by atoms with Gasteiger partial charge in [0.25, 0.3) is 0 Å². The Labute approximate surface area is 157 Å². The van der Waals surface area contributed by atoms with E-state index in [9.17, 15) is 13.2 Å². The number of rotatable bonds is 6. The number of hydrogen-bond donors (Lipinski definition) is 1. The molecule has 0 unspecified atom stereocenters. The largest absolute Gasteiger partial charge is 0.460 e. The highest BCUT2D eigenvalue weighted by Gasteiger charge is 2.16. The zero-order valence-corrected chi connectivity index (χ0v) is 15.1. The molecule has 3 aromatic carbocycles. The third kappa shape index (κ3) is 4.70. The maximum absolute atomic E-state index is 12.4. The summed E-state index contributed by atoms with van der Waals surface area (Å²) in [6.45, 7) is -0.465. The Morgan fingerprint density at radius 3 is 2.41 bits per heavy atom. The second-order valence-electron chi connectivity index (χ2n) is 5.80. The van der Waals surface area contributed by atoms with Gasteiger partial charge in [0.05, 0.1) is 16.5 Å². The average Bonchev–Trinajstić information content (AvgIpc) is 2.70. The number of nitriles is 1. The van der Waals surface area contributed by atoms with Crippen molar-refractivity contribution in [1.29, 1.82) is 5.26 Å². The number of esters is 1. The third-order valence-electron chi connectivity index (χ3n) is 3.92. The van der Waals surface area contributed by atoms with Crippen molar-refractivity contribution in [2.45, 2.75) is 11.5 Å². The number of hydrogen-bond acceptors (Lipinski definition) is 5. The van der Waals surface area contributed by atoms with Crippen molar-refractivity contribution in [2.75, 3.05) is 6.54 Å². The number of sulfonamides is 1. The lowest BCUT2D eigenvalue weighted by atomic mass is 10.1. The molecular formula is C20H16N2O4S. The number of fused-ring (bicyclic) bond motifs is 1. The molecule has 0 amide bonds. The molecular weight excluding hydrogens is 364 g/mol. The van der Waals surface area contributed by atoms with Crippen molar-refractivity contribution in [3.63, 3.8) is 0 Å². The summed E-state index contributed by atoms with van der Waals surface area (Å²) in [6, 6.07) is 20.7. The molecule has 27 heavy (non-hydrogen) atoms. The molecule has 7 heteroatoms. The Bertz CT molecular complexity index is 1120. The number of nitrogens with one attached hydrogen (secondary N) is 1. The minimum atomic E-state index is -3.83. The van der Waals surface area contributed by atoms with Gasteiger partial charge in [-0.05, 0) is 40.6 Å². The molecule has 0 aromatic heterocycles. The number of benzene rings is 3. The molecule has 1 N–H and O–H groups in total. The minimum absolute atomic E-state index is 0.00223. The van der Waals surface area contributed by atoms with Gasteiger partial charge in [0.2, 0.25) is 10.0 Å². The summed E-state index contributed by atoms with van der Waals surface area (Å²) >= 11 is 0. The number of nitrogens with zero attached hydrogens (tertiary/aromatic N) is 1. The molecule has 3 rings (SSSR count). The summed E-state index contributed by atoms with van der Waals surface area (Å²) in [5.41, 5.74) is 1.22. The van der Waals surface area contributed by atoms with E-state index in [1.165, 1.54) is 6.07 Å². The second-order valence-corrected chi connectivity index (χ2v) is 7.57. The lowest BCUT2D eigenvalue weighted by molar-refractivity contribution is -0.143. The first kappa shape index (κ1) is 18.6. The van der Waals surface area contributed by atoms with Gasteiger partial charge in [0.1, 0.15) is 13.2 Å². The maximum Gasteiger partial charge on any atom is 0.321 e. The molecule has 0 bridgehead atoms. The van der Waals surface area contributed by atoms with Crippen molar-refractivity contribution in [2.24, 2.45) is 0 Å². The first-order chi connectivity index (χ1) is 13.0. The summed E-state index contributed by atoms with van der Waals surface area (Å²) in [5, 5.41) is 10.5. The Balaban J connectivity index is 1.58. The predicted molar refractivity (Wildman–Crippen MR) is 100 cm³/mol. The molecule has 0 atom stereocenters. The summed E-state index contributed by atoms with van der Waals surface area (Å²) in [5.74, 6) is -0.691. The summed E-state index contributed by atoms with van der Waals surface area (Å²) < 4.78 is 32.1. The van der Waals surface area contributed by atoms with Gasteiger partial charge < -0.3 is 4.74 Å². The lowest BCUT2D eigenvalue weighted by Gasteiger charge is -2.08. The topological polar surface area (TPSA) is 96.3 Å². The van der Waals surface area contributed by atoms with Crippen LogP contribution in [0.25, 0.3) is 10.8 Å². The fourth-order valence-electron chi connectivity index (χ4n) is 2.46. The van der Waals surface area contributed by atoms with E-state index in [0.717, 1.165) is 10.8 Å². The Hall–Kier alpha value is -3.21. The number of ether oxygens (including phenoxy) is 1. The molecule has 6 nitrogen and oxygen atoms in total. The van der Waals surface area contributed by atoms with Crippen LogP contribution in [0.3, 0.4) is 0 Å². The SMILES string of the molecule is N#Cc1ccc(COC(=O)CNS(=O)(=O)c2ccc3ccccc3c2)cc1. The van der Waals surface area contributed by atoms with E-state index >= 15 is 0 Å². The van der Waals surface area contributed by atoms with Crippen molar-refractivity contribution in [3.05, 3.63) is 77.9 Å². The minimum Gasteiger partial charge on any atom is -0.460 e. The van der Waals surface area contributed by atoms with Crippen molar-refractivity contribution in [3.8, 4) is 6.07 Å². The van der Waals surface area contributed by atoms with E-state index in [0.29, 0.717) is 11.1 Å². The Morgan fingerprint density at radius 1 is 1.00 bits per heavy atom. The highest BCUT2D eigenvalue weighted by Crippen LogP contribution is 2.18. The van der Waals surface area contributed by atoms with Crippen LogP contribution in [-0.4, -0.2) is 20.9 Å². The second kappa shape index (κ2) is 7.99.